The molecule has 0 radical (unpaired) electrons. The van der Waals surface area contributed by atoms with Crippen molar-refractivity contribution in [3.63, 3.8) is 0 Å². The number of fused-ring (bicyclic) bond motifs is 1. The van der Waals surface area contributed by atoms with Gasteiger partial charge in [-0.05, 0) is 35.9 Å². The predicted octanol–water partition coefficient (Wildman–Crippen LogP) is 4.89. The van der Waals surface area contributed by atoms with Gasteiger partial charge < -0.3 is 4.98 Å². The molecule has 0 aliphatic carbocycles. The van der Waals surface area contributed by atoms with Crippen molar-refractivity contribution in [1.82, 2.24) is 9.97 Å². The lowest BCUT2D eigenvalue weighted by molar-refractivity contribution is -0.384. The Balaban J connectivity index is 1.60. The van der Waals surface area contributed by atoms with E-state index in [1.165, 1.54) is 12.1 Å². The number of nitro groups is 1. The highest BCUT2D eigenvalue weighted by Crippen LogP contribution is 2.24. The van der Waals surface area contributed by atoms with Gasteiger partial charge in [0.2, 0.25) is 0 Å². The summed E-state index contributed by atoms with van der Waals surface area (Å²) >= 11 is 0. The fourth-order valence-corrected chi connectivity index (χ4v) is 2.64. The molecule has 0 saturated heterocycles. The summed E-state index contributed by atoms with van der Waals surface area (Å²) in [6.45, 7) is 0. The van der Waals surface area contributed by atoms with Crippen LogP contribution in [0.2, 0.25) is 0 Å². The number of imidazole rings is 1. The number of nitrogens with one attached hydrogen (secondary N) is 1. The van der Waals surface area contributed by atoms with Gasteiger partial charge in [-0.3, -0.25) is 15.1 Å². The van der Waals surface area contributed by atoms with E-state index in [9.17, 15) is 10.1 Å². The largest absolute Gasteiger partial charge is 0.338 e. The maximum absolute atomic E-state index is 10.7. The van der Waals surface area contributed by atoms with Crippen LogP contribution in [-0.2, 0) is 0 Å². The van der Waals surface area contributed by atoms with E-state index in [1.54, 1.807) is 18.3 Å². The van der Waals surface area contributed by atoms with Crippen LogP contribution in [0.5, 0.6) is 0 Å². The van der Waals surface area contributed by atoms with Gasteiger partial charge in [-0.1, -0.05) is 30.3 Å². The monoisotopic (exact) mass is 342 g/mol. The molecule has 0 spiro atoms. The Hall–Kier alpha value is -3.80. The number of aromatic amines is 1. The van der Waals surface area contributed by atoms with Gasteiger partial charge in [-0.2, -0.15) is 0 Å². The second kappa shape index (κ2) is 6.60. The molecule has 4 aromatic rings. The van der Waals surface area contributed by atoms with Crippen molar-refractivity contribution in [1.29, 1.82) is 0 Å². The normalized spacial score (nSPS) is 11.2. The van der Waals surface area contributed by atoms with Crippen molar-refractivity contribution in [2.24, 2.45) is 4.99 Å². The number of nitrogens with zero attached hydrogens (tertiary/aromatic N) is 3. The maximum atomic E-state index is 10.7. The smallest absolute Gasteiger partial charge is 0.269 e. The van der Waals surface area contributed by atoms with Crippen molar-refractivity contribution in [3.8, 4) is 11.4 Å². The van der Waals surface area contributed by atoms with Crippen molar-refractivity contribution in [2.45, 2.75) is 0 Å². The molecule has 6 nitrogen and oxygen atoms in total. The number of benzene rings is 3. The van der Waals surface area contributed by atoms with Gasteiger partial charge in [0.05, 0.1) is 21.6 Å². The maximum Gasteiger partial charge on any atom is 0.269 e. The van der Waals surface area contributed by atoms with Crippen LogP contribution in [0, 0.1) is 10.1 Å². The molecule has 0 fully saturated rings. The zero-order valence-electron chi connectivity index (χ0n) is 13.7. The van der Waals surface area contributed by atoms with Crippen molar-refractivity contribution in [3.05, 3.63) is 88.5 Å². The number of nitro benzene ring substituents is 1. The summed E-state index contributed by atoms with van der Waals surface area (Å²) in [5.74, 6) is 0.817. The fourth-order valence-electron chi connectivity index (χ4n) is 2.64. The Morgan fingerprint density at radius 3 is 2.50 bits per heavy atom. The molecule has 4 rings (SSSR count). The highest BCUT2D eigenvalue weighted by Gasteiger charge is 2.06. The first kappa shape index (κ1) is 15.7. The standard InChI is InChI=1S/C20H14N4O2/c25-24(26)17-9-6-14(7-10-17)13-21-16-8-11-18-19(12-16)23-20(22-18)15-4-2-1-3-5-15/h1-13H,(H,22,23). The Labute approximate surface area is 149 Å². The Kier molecular flexibility index (Phi) is 3.99. The number of aliphatic imine (C=N–C) groups is 1. The van der Waals surface area contributed by atoms with Crippen LogP contribution in [0.1, 0.15) is 5.56 Å². The van der Waals surface area contributed by atoms with Gasteiger partial charge in [0, 0.05) is 23.9 Å². The summed E-state index contributed by atoms with van der Waals surface area (Å²) in [5.41, 5.74) is 4.44. The van der Waals surface area contributed by atoms with Crippen LogP contribution in [0.3, 0.4) is 0 Å². The van der Waals surface area contributed by atoms with E-state index >= 15 is 0 Å². The molecule has 0 aliphatic rings. The van der Waals surface area contributed by atoms with Gasteiger partial charge in [-0.15, -0.1) is 0 Å². The zero-order valence-corrected chi connectivity index (χ0v) is 13.7. The van der Waals surface area contributed by atoms with Gasteiger partial charge in [0.25, 0.3) is 5.69 Å². The van der Waals surface area contributed by atoms with Gasteiger partial charge in [-0.25, -0.2) is 4.98 Å². The highest BCUT2D eigenvalue weighted by atomic mass is 16.6. The molecule has 26 heavy (non-hydrogen) atoms. The molecule has 0 atom stereocenters. The van der Waals surface area contributed by atoms with E-state index in [0.717, 1.165) is 33.7 Å². The van der Waals surface area contributed by atoms with Gasteiger partial charge >= 0.3 is 0 Å². The molecule has 1 N–H and O–H groups in total. The average Bonchev–Trinajstić information content (AvgIpc) is 3.11. The third-order valence-corrected chi connectivity index (χ3v) is 3.98. The lowest BCUT2D eigenvalue weighted by Crippen LogP contribution is -1.88. The number of non-ortho nitro benzene ring substituents is 1. The lowest BCUT2D eigenvalue weighted by atomic mass is 10.2. The molecular weight excluding hydrogens is 328 g/mol. The Morgan fingerprint density at radius 1 is 1.00 bits per heavy atom. The SMILES string of the molecule is O=[N+]([O-])c1ccc(C=Nc2ccc3nc(-c4ccccc4)[nH]c3c2)cc1. The van der Waals surface area contributed by atoms with Crippen LogP contribution in [0.4, 0.5) is 11.4 Å². The average molecular weight is 342 g/mol. The lowest BCUT2D eigenvalue weighted by Gasteiger charge is -1.95. The molecule has 0 amide bonds. The fraction of sp³-hybridized carbons (Fsp3) is 0. The van der Waals surface area contributed by atoms with Gasteiger partial charge in [0.1, 0.15) is 5.82 Å². The van der Waals surface area contributed by atoms with Crippen LogP contribution in [0.25, 0.3) is 22.4 Å². The minimum absolute atomic E-state index is 0.0643. The van der Waals surface area contributed by atoms with Crippen molar-refractivity contribution < 1.29 is 4.92 Å². The topological polar surface area (TPSA) is 84.2 Å². The third kappa shape index (κ3) is 3.21. The number of H-pyrrole nitrogens is 1. The number of hydrogen-bond acceptors (Lipinski definition) is 4. The molecule has 0 saturated carbocycles. The van der Waals surface area contributed by atoms with E-state index in [4.69, 9.17) is 0 Å². The first-order valence-corrected chi connectivity index (χ1v) is 8.03. The molecule has 3 aromatic carbocycles. The second-order valence-corrected chi connectivity index (χ2v) is 5.76. The first-order valence-electron chi connectivity index (χ1n) is 8.03. The quantitative estimate of drug-likeness (QED) is 0.325. The number of aromatic nitrogens is 2. The molecular formula is C20H14N4O2. The third-order valence-electron chi connectivity index (χ3n) is 3.98. The molecule has 126 valence electrons. The second-order valence-electron chi connectivity index (χ2n) is 5.76. The summed E-state index contributed by atoms with van der Waals surface area (Å²) in [4.78, 5) is 22.6. The summed E-state index contributed by atoms with van der Waals surface area (Å²) < 4.78 is 0. The first-order chi connectivity index (χ1) is 12.7. The molecule has 6 heteroatoms. The number of hydrogen-bond donors (Lipinski definition) is 1. The van der Waals surface area contributed by atoms with Gasteiger partial charge in [0.15, 0.2) is 0 Å². The molecule has 1 heterocycles. The van der Waals surface area contributed by atoms with Crippen molar-refractivity contribution in [2.75, 3.05) is 0 Å². The molecule has 0 aliphatic heterocycles. The summed E-state index contributed by atoms with van der Waals surface area (Å²) in [5, 5.41) is 10.7. The summed E-state index contributed by atoms with van der Waals surface area (Å²) in [6, 6.07) is 21.9. The number of rotatable bonds is 4. The van der Waals surface area contributed by atoms with E-state index in [1.807, 2.05) is 48.5 Å². The van der Waals surface area contributed by atoms with Crippen LogP contribution < -0.4 is 0 Å². The summed E-state index contributed by atoms with van der Waals surface area (Å²) in [7, 11) is 0. The molecule has 0 unspecified atom stereocenters. The van der Waals surface area contributed by atoms with Crippen LogP contribution in [-0.4, -0.2) is 21.1 Å². The zero-order chi connectivity index (χ0) is 17.9. The molecule has 0 bridgehead atoms. The van der Waals surface area contributed by atoms with Crippen molar-refractivity contribution >= 4 is 28.6 Å². The predicted molar refractivity (Wildman–Crippen MR) is 102 cm³/mol. The van der Waals surface area contributed by atoms with Crippen LogP contribution in [0.15, 0.2) is 77.8 Å². The Bertz CT molecular complexity index is 1100. The summed E-state index contributed by atoms with van der Waals surface area (Å²) in [6.07, 6.45) is 1.68. The molecule has 1 aromatic heterocycles. The highest BCUT2D eigenvalue weighted by molar-refractivity contribution is 5.86. The Morgan fingerprint density at radius 2 is 1.77 bits per heavy atom. The van der Waals surface area contributed by atoms with E-state index in [0.29, 0.717) is 0 Å². The minimum atomic E-state index is -0.419. The van der Waals surface area contributed by atoms with E-state index in [2.05, 4.69) is 15.0 Å². The van der Waals surface area contributed by atoms with Crippen LogP contribution >= 0.6 is 0 Å². The van der Waals surface area contributed by atoms with E-state index in [-0.39, 0.29) is 5.69 Å². The minimum Gasteiger partial charge on any atom is -0.338 e. The van der Waals surface area contributed by atoms with E-state index < -0.39 is 4.92 Å².